The Morgan fingerprint density at radius 1 is 1.41 bits per heavy atom. The Hall–Kier alpha value is -1.91. The van der Waals surface area contributed by atoms with Crippen LogP contribution in [0.3, 0.4) is 0 Å². The van der Waals surface area contributed by atoms with E-state index in [1.54, 1.807) is 6.92 Å². The Kier molecular flexibility index (Phi) is 4.20. The van der Waals surface area contributed by atoms with E-state index in [0.29, 0.717) is 0 Å². The zero-order valence-corrected chi connectivity index (χ0v) is 9.46. The molecule has 0 fully saturated rings. The van der Waals surface area contributed by atoms with Crippen LogP contribution < -0.4 is 4.74 Å². The van der Waals surface area contributed by atoms with Gasteiger partial charge in [-0.3, -0.25) is 0 Å². The van der Waals surface area contributed by atoms with Crippen LogP contribution in [-0.4, -0.2) is 18.2 Å². The lowest BCUT2D eigenvalue weighted by atomic mass is 10.1. The average molecular weight is 242 g/mol. The topological polar surface area (TPSA) is 46.5 Å². The van der Waals surface area contributed by atoms with E-state index in [-0.39, 0.29) is 23.3 Å². The zero-order valence-electron chi connectivity index (χ0n) is 9.46. The first-order valence-electron chi connectivity index (χ1n) is 4.96. The highest BCUT2D eigenvalue weighted by Gasteiger charge is 2.12. The summed E-state index contributed by atoms with van der Waals surface area (Å²) in [5.74, 6) is -2.85. The predicted molar refractivity (Wildman–Crippen MR) is 58.8 cm³/mol. The number of carbonyl (C=O) groups is 1. The Morgan fingerprint density at radius 3 is 2.29 bits per heavy atom. The first kappa shape index (κ1) is 13.2. The van der Waals surface area contributed by atoms with Gasteiger partial charge in [-0.05, 0) is 12.5 Å². The highest BCUT2D eigenvalue weighted by Crippen LogP contribution is 2.23. The van der Waals surface area contributed by atoms with Gasteiger partial charge in [0.05, 0.1) is 7.11 Å². The summed E-state index contributed by atoms with van der Waals surface area (Å²) in [6.07, 6.45) is 1.17. The van der Waals surface area contributed by atoms with Crippen molar-refractivity contribution in [3.05, 3.63) is 34.9 Å². The first-order chi connectivity index (χ1) is 7.99. The number of rotatable bonds is 4. The number of carboxylic acids is 1. The van der Waals surface area contributed by atoms with Crippen LogP contribution in [0.1, 0.15) is 18.9 Å². The second-order valence-electron chi connectivity index (χ2n) is 3.33. The minimum atomic E-state index is -1.19. The fraction of sp³-hybridized carbons (Fsp3) is 0.250. The average Bonchev–Trinajstić information content (AvgIpc) is 2.27. The Balaban J connectivity index is 3.28. The van der Waals surface area contributed by atoms with Crippen molar-refractivity contribution in [3.63, 3.8) is 0 Å². The van der Waals surface area contributed by atoms with E-state index in [1.807, 2.05) is 0 Å². The van der Waals surface area contributed by atoms with Crippen molar-refractivity contribution in [1.29, 1.82) is 0 Å². The third-order valence-corrected chi connectivity index (χ3v) is 2.26. The lowest BCUT2D eigenvalue weighted by molar-refractivity contribution is -0.132. The summed E-state index contributed by atoms with van der Waals surface area (Å²) in [5, 5.41) is 8.78. The third-order valence-electron chi connectivity index (χ3n) is 2.26. The summed E-state index contributed by atoms with van der Waals surface area (Å²) in [7, 11) is 1.29. The maximum absolute atomic E-state index is 13.5. The summed E-state index contributed by atoms with van der Waals surface area (Å²) >= 11 is 0. The number of ether oxygens (including phenoxy) is 1. The second-order valence-corrected chi connectivity index (χ2v) is 3.33. The van der Waals surface area contributed by atoms with Gasteiger partial charge in [-0.15, -0.1) is 0 Å². The molecule has 1 aromatic carbocycles. The third kappa shape index (κ3) is 3.03. The number of methoxy groups -OCH3 is 1. The van der Waals surface area contributed by atoms with Crippen LogP contribution in [0.2, 0.25) is 0 Å². The standard InChI is InChI=1S/C12H12F2O3/c1-3-7(12(15)16)4-9-10(13)5-8(17-2)6-11(9)14/h4-6H,3H2,1-2H3,(H,15,16)/b7-4+. The maximum Gasteiger partial charge on any atom is 0.331 e. The van der Waals surface area contributed by atoms with Crippen molar-refractivity contribution < 1.29 is 23.4 Å². The van der Waals surface area contributed by atoms with E-state index in [1.165, 1.54) is 7.11 Å². The minimum Gasteiger partial charge on any atom is -0.497 e. The molecule has 1 N–H and O–H groups in total. The predicted octanol–water partition coefficient (Wildman–Crippen LogP) is 2.85. The normalized spacial score (nSPS) is 11.4. The molecule has 5 heteroatoms. The molecule has 0 atom stereocenters. The maximum atomic E-state index is 13.5. The van der Waals surface area contributed by atoms with Crippen LogP contribution in [0.25, 0.3) is 6.08 Å². The molecule has 0 radical (unpaired) electrons. The van der Waals surface area contributed by atoms with Crippen LogP contribution in [-0.2, 0) is 4.79 Å². The van der Waals surface area contributed by atoms with Gasteiger partial charge in [-0.25, -0.2) is 13.6 Å². The van der Waals surface area contributed by atoms with Gasteiger partial charge in [0.1, 0.15) is 17.4 Å². The Bertz CT molecular complexity index is 444. The summed E-state index contributed by atoms with van der Waals surface area (Å²) in [6, 6.07) is 2.01. The van der Waals surface area contributed by atoms with Gasteiger partial charge in [-0.1, -0.05) is 6.92 Å². The fourth-order valence-corrected chi connectivity index (χ4v) is 1.31. The number of benzene rings is 1. The smallest absolute Gasteiger partial charge is 0.331 e. The van der Waals surface area contributed by atoms with Crippen molar-refractivity contribution in [2.24, 2.45) is 0 Å². The second kappa shape index (κ2) is 5.43. The Morgan fingerprint density at radius 2 is 1.94 bits per heavy atom. The van der Waals surface area contributed by atoms with E-state index in [4.69, 9.17) is 9.84 Å². The van der Waals surface area contributed by atoms with Gasteiger partial charge >= 0.3 is 5.97 Å². The lowest BCUT2D eigenvalue weighted by Gasteiger charge is -2.05. The van der Waals surface area contributed by atoms with Gasteiger partial charge in [-0.2, -0.15) is 0 Å². The summed E-state index contributed by atoms with van der Waals surface area (Å²) in [6.45, 7) is 1.60. The zero-order chi connectivity index (χ0) is 13.0. The van der Waals surface area contributed by atoms with Crippen molar-refractivity contribution in [3.8, 4) is 5.75 Å². The monoisotopic (exact) mass is 242 g/mol. The van der Waals surface area contributed by atoms with Crippen molar-refractivity contribution >= 4 is 12.0 Å². The van der Waals surface area contributed by atoms with Gasteiger partial charge in [0.25, 0.3) is 0 Å². The van der Waals surface area contributed by atoms with Crippen LogP contribution in [0.15, 0.2) is 17.7 Å². The quantitative estimate of drug-likeness (QED) is 0.826. The minimum absolute atomic E-state index is 0.0468. The van der Waals surface area contributed by atoms with Crippen LogP contribution in [0.5, 0.6) is 5.75 Å². The molecule has 92 valence electrons. The molecular formula is C12H12F2O3. The highest BCUT2D eigenvalue weighted by molar-refractivity contribution is 5.92. The van der Waals surface area contributed by atoms with Crippen LogP contribution >= 0.6 is 0 Å². The molecule has 0 aliphatic heterocycles. The summed E-state index contributed by atoms with van der Waals surface area (Å²) in [4.78, 5) is 10.7. The van der Waals surface area contributed by atoms with Gasteiger partial charge in [0.15, 0.2) is 0 Å². The molecule has 0 saturated heterocycles. The lowest BCUT2D eigenvalue weighted by Crippen LogP contribution is -2.00. The molecule has 0 aliphatic carbocycles. The molecule has 1 rings (SSSR count). The molecule has 0 heterocycles. The molecule has 0 aliphatic rings. The molecule has 0 aromatic heterocycles. The number of hydrogen-bond donors (Lipinski definition) is 1. The Labute approximate surface area is 97.3 Å². The molecule has 1 aromatic rings. The summed E-state index contributed by atoms with van der Waals surface area (Å²) < 4.78 is 31.7. The SMILES string of the molecule is CC/C(=C\c1c(F)cc(OC)cc1F)C(=O)O. The molecular weight excluding hydrogens is 230 g/mol. The number of carboxylic acid groups (broad SMARTS) is 1. The van der Waals surface area contributed by atoms with Crippen molar-refractivity contribution in [2.75, 3.05) is 7.11 Å². The van der Waals surface area contributed by atoms with Crippen LogP contribution in [0.4, 0.5) is 8.78 Å². The number of halogens is 2. The van der Waals surface area contributed by atoms with E-state index in [0.717, 1.165) is 18.2 Å². The van der Waals surface area contributed by atoms with Gasteiger partial charge in [0, 0.05) is 23.3 Å². The first-order valence-corrected chi connectivity index (χ1v) is 4.96. The fourth-order valence-electron chi connectivity index (χ4n) is 1.31. The molecule has 0 bridgehead atoms. The molecule has 0 saturated carbocycles. The number of hydrogen-bond acceptors (Lipinski definition) is 2. The van der Waals surface area contributed by atoms with Crippen LogP contribution in [0, 0.1) is 11.6 Å². The van der Waals surface area contributed by atoms with Gasteiger partial charge in [0.2, 0.25) is 0 Å². The van der Waals surface area contributed by atoms with Crippen molar-refractivity contribution in [1.82, 2.24) is 0 Å². The van der Waals surface area contributed by atoms with E-state index in [2.05, 4.69) is 0 Å². The molecule has 17 heavy (non-hydrogen) atoms. The summed E-state index contributed by atoms with van der Waals surface area (Å²) in [5.41, 5.74) is -0.432. The molecule has 0 spiro atoms. The van der Waals surface area contributed by atoms with Gasteiger partial charge < -0.3 is 9.84 Å². The van der Waals surface area contributed by atoms with E-state index >= 15 is 0 Å². The largest absolute Gasteiger partial charge is 0.497 e. The molecule has 0 amide bonds. The van der Waals surface area contributed by atoms with E-state index < -0.39 is 17.6 Å². The molecule has 0 unspecified atom stereocenters. The number of aliphatic carboxylic acids is 1. The van der Waals surface area contributed by atoms with Crippen molar-refractivity contribution in [2.45, 2.75) is 13.3 Å². The highest BCUT2D eigenvalue weighted by atomic mass is 19.1. The molecule has 3 nitrogen and oxygen atoms in total. The van der Waals surface area contributed by atoms with E-state index in [9.17, 15) is 13.6 Å².